The molecule has 3 rings (SSSR count). The Morgan fingerprint density at radius 1 is 1.16 bits per heavy atom. The second kappa shape index (κ2) is 10.1. The van der Waals surface area contributed by atoms with Gasteiger partial charge in [-0.3, -0.25) is 14.9 Å². The lowest BCUT2D eigenvalue weighted by Gasteiger charge is -2.18. The van der Waals surface area contributed by atoms with Gasteiger partial charge in [0, 0.05) is 23.5 Å². The van der Waals surface area contributed by atoms with Gasteiger partial charge in [-0.1, -0.05) is 41.9 Å². The van der Waals surface area contributed by atoms with Crippen LogP contribution in [-0.4, -0.2) is 28.0 Å². The van der Waals surface area contributed by atoms with E-state index in [2.05, 4.69) is 10.3 Å². The molecule has 8 nitrogen and oxygen atoms in total. The summed E-state index contributed by atoms with van der Waals surface area (Å²) >= 11 is 7.09. The number of pyridine rings is 1. The van der Waals surface area contributed by atoms with Crippen molar-refractivity contribution in [2.24, 2.45) is 0 Å². The Kier molecular flexibility index (Phi) is 7.22. The molecule has 3 aromatic rings. The molecule has 158 valence electrons. The summed E-state index contributed by atoms with van der Waals surface area (Å²) in [5.74, 6) is -1.39. The summed E-state index contributed by atoms with van der Waals surface area (Å²) in [6.07, 6.45) is 2.03. The van der Waals surface area contributed by atoms with Gasteiger partial charge in [0.1, 0.15) is 10.0 Å². The molecule has 2 aromatic carbocycles. The van der Waals surface area contributed by atoms with Crippen LogP contribution in [0.5, 0.6) is 0 Å². The maximum absolute atomic E-state index is 13.0. The molecule has 0 saturated heterocycles. The zero-order valence-corrected chi connectivity index (χ0v) is 17.7. The Balaban J connectivity index is 1.89. The normalized spacial score (nSPS) is 11.4. The van der Waals surface area contributed by atoms with Gasteiger partial charge in [-0.15, -0.1) is 11.8 Å². The standard InChI is InChI=1S/C21H16ClN3O5S/c1-31-20-15(8-5-11-23-20)21(27)30-18(13-6-3-2-4-7-13)19(26)24-14-9-10-16(22)17(12-14)25(28)29/h2-12,18H,1H3,(H,24,26). The average Bonchev–Trinajstić information content (AvgIpc) is 2.78. The molecular weight excluding hydrogens is 442 g/mol. The molecule has 0 bridgehead atoms. The van der Waals surface area contributed by atoms with Gasteiger partial charge in [-0.05, 0) is 30.5 Å². The number of nitrogens with zero attached hydrogens (tertiary/aromatic N) is 2. The fraction of sp³-hybridized carbons (Fsp3) is 0.0952. The molecule has 1 unspecified atom stereocenters. The van der Waals surface area contributed by atoms with E-state index in [-0.39, 0.29) is 22.0 Å². The van der Waals surface area contributed by atoms with E-state index in [1.165, 1.54) is 23.9 Å². The van der Waals surface area contributed by atoms with Crippen LogP contribution in [0.15, 0.2) is 71.9 Å². The van der Waals surface area contributed by atoms with Gasteiger partial charge in [-0.2, -0.15) is 0 Å². The predicted octanol–water partition coefficient (Wildman–Crippen LogP) is 4.90. The lowest BCUT2D eigenvalue weighted by atomic mass is 10.1. The molecule has 0 fully saturated rings. The van der Waals surface area contributed by atoms with Gasteiger partial charge in [0.05, 0.1) is 10.5 Å². The van der Waals surface area contributed by atoms with Gasteiger partial charge >= 0.3 is 5.97 Å². The molecule has 1 N–H and O–H groups in total. The van der Waals surface area contributed by atoms with Crippen molar-refractivity contribution >= 4 is 46.6 Å². The first kappa shape index (κ1) is 22.3. The van der Waals surface area contributed by atoms with E-state index in [0.717, 1.165) is 6.07 Å². The molecule has 0 aliphatic rings. The largest absolute Gasteiger partial charge is 0.444 e. The number of aromatic nitrogens is 1. The van der Waals surface area contributed by atoms with Crippen molar-refractivity contribution in [1.82, 2.24) is 4.98 Å². The van der Waals surface area contributed by atoms with Crippen LogP contribution in [0, 0.1) is 10.1 Å². The number of nitro benzene ring substituents is 1. The number of rotatable bonds is 7. The van der Waals surface area contributed by atoms with Crippen LogP contribution in [0.2, 0.25) is 5.02 Å². The first-order valence-corrected chi connectivity index (χ1v) is 10.5. The third-order valence-electron chi connectivity index (χ3n) is 4.16. The Morgan fingerprint density at radius 2 is 1.90 bits per heavy atom. The minimum atomic E-state index is -1.29. The van der Waals surface area contributed by atoms with Crippen molar-refractivity contribution in [3.8, 4) is 0 Å². The third kappa shape index (κ3) is 5.39. The minimum Gasteiger partial charge on any atom is -0.444 e. The molecule has 1 heterocycles. The minimum absolute atomic E-state index is 0.0600. The van der Waals surface area contributed by atoms with Crippen LogP contribution in [0.4, 0.5) is 11.4 Å². The van der Waals surface area contributed by atoms with E-state index in [1.54, 1.807) is 54.9 Å². The maximum atomic E-state index is 13.0. The monoisotopic (exact) mass is 457 g/mol. The molecule has 0 saturated carbocycles. The zero-order valence-electron chi connectivity index (χ0n) is 16.2. The van der Waals surface area contributed by atoms with Gasteiger partial charge in [-0.25, -0.2) is 9.78 Å². The summed E-state index contributed by atoms with van der Waals surface area (Å²) in [6.45, 7) is 0. The maximum Gasteiger partial charge on any atom is 0.342 e. The van der Waals surface area contributed by atoms with E-state index < -0.39 is 22.9 Å². The van der Waals surface area contributed by atoms with Crippen molar-refractivity contribution in [2.75, 3.05) is 11.6 Å². The summed E-state index contributed by atoms with van der Waals surface area (Å²) < 4.78 is 5.54. The van der Waals surface area contributed by atoms with E-state index in [0.29, 0.717) is 10.6 Å². The van der Waals surface area contributed by atoms with Gasteiger partial charge in [0.25, 0.3) is 11.6 Å². The van der Waals surface area contributed by atoms with Crippen LogP contribution in [-0.2, 0) is 9.53 Å². The number of thioether (sulfide) groups is 1. The molecule has 0 radical (unpaired) electrons. The number of amides is 1. The van der Waals surface area contributed by atoms with Crippen LogP contribution >= 0.6 is 23.4 Å². The number of esters is 1. The first-order chi connectivity index (χ1) is 14.9. The smallest absolute Gasteiger partial charge is 0.342 e. The highest BCUT2D eigenvalue weighted by molar-refractivity contribution is 7.98. The van der Waals surface area contributed by atoms with Crippen molar-refractivity contribution in [2.45, 2.75) is 11.1 Å². The molecule has 0 spiro atoms. The first-order valence-electron chi connectivity index (χ1n) is 8.90. The average molecular weight is 458 g/mol. The zero-order chi connectivity index (χ0) is 22.4. The highest BCUT2D eigenvalue weighted by Gasteiger charge is 2.27. The van der Waals surface area contributed by atoms with Crippen LogP contribution in [0.3, 0.4) is 0 Å². The van der Waals surface area contributed by atoms with Crippen molar-refractivity contribution in [3.05, 3.63) is 93.1 Å². The number of ether oxygens (including phenoxy) is 1. The number of hydrogen-bond acceptors (Lipinski definition) is 7. The van der Waals surface area contributed by atoms with E-state index in [4.69, 9.17) is 16.3 Å². The number of hydrogen-bond donors (Lipinski definition) is 1. The van der Waals surface area contributed by atoms with Crippen molar-refractivity contribution in [1.29, 1.82) is 0 Å². The van der Waals surface area contributed by atoms with Crippen LogP contribution in [0.25, 0.3) is 0 Å². The van der Waals surface area contributed by atoms with Crippen molar-refractivity contribution in [3.63, 3.8) is 0 Å². The Hall–Kier alpha value is -3.43. The number of nitro groups is 1. The molecular formula is C21H16ClN3O5S. The Labute approximate surface area is 186 Å². The number of halogens is 1. The third-order valence-corrected chi connectivity index (χ3v) is 5.19. The molecule has 1 aromatic heterocycles. The summed E-state index contributed by atoms with van der Waals surface area (Å²) in [7, 11) is 0. The van der Waals surface area contributed by atoms with Crippen molar-refractivity contribution < 1.29 is 19.2 Å². The number of carbonyl (C=O) groups is 2. The lowest BCUT2D eigenvalue weighted by Crippen LogP contribution is -2.26. The fourth-order valence-electron chi connectivity index (χ4n) is 2.72. The van der Waals surface area contributed by atoms with Gasteiger partial charge in [0.2, 0.25) is 6.10 Å². The SMILES string of the molecule is CSc1ncccc1C(=O)OC(C(=O)Nc1ccc(Cl)c([N+](=O)[O-])c1)c1ccccc1. The fourth-order valence-corrected chi connectivity index (χ4v) is 3.44. The molecule has 31 heavy (non-hydrogen) atoms. The quantitative estimate of drug-likeness (QED) is 0.232. The second-order valence-corrected chi connectivity index (χ2v) is 7.37. The molecule has 1 amide bonds. The van der Waals surface area contributed by atoms with E-state index >= 15 is 0 Å². The number of carbonyl (C=O) groups excluding carboxylic acids is 2. The van der Waals surface area contributed by atoms with Gasteiger partial charge < -0.3 is 10.1 Å². The molecule has 0 aliphatic carbocycles. The highest BCUT2D eigenvalue weighted by Crippen LogP contribution is 2.29. The summed E-state index contributed by atoms with van der Waals surface area (Å²) in [6, 6.07) is 15.5. The number of nitrogens with one attached hydrogen (secondary N) is 1. The molecule has 1 atom stereocenters. The number of benzene rings is 2. The topological polar surface area (TPSA) is 111 Å². The van der Waals surface area contributed by atoms with E-state index in [1.807, 2.05) is 0 Å². The van der Waals surface area contributed by atoms with Crippen LogP contribution in [0.1, 0.15) is 22.0 Å². The molecule has 10 heteroatoms. The Bertz CT molecular complexity index is 1130. The summed E-state index contributed by atoms with van der Waals surface area (Å²) in [4.78, 5) is 40.4. The molecule has 0 aliphatic heterocycles. The van der Waals surface area contributed by atoms with E-state index in [9.17, 15) is 19.7 Å². The number of anilines is 1. The van der Waals surface area contributed by atoms with Crippen LogP contribution < -0.4 is 5.32 Å². The summed E-state index contributed by atoms with van der Waals surface area (Å²) in [5, 5.41) is 14.1. The highest BCUT2D eigenvalue weighted by atomic mass is 35.5. The lowest BCUT2D eigenvalue weighted by molar-refractivity contribution is -0.384. The summed E-state index contributed by atoms with van der Waals surface area (Å²) in [5.41, 5.74) is 0.453. The second-order valence-electron chi connectivity index (χ2n) is 6.17. The predicted molar refractivity (Wildman–Crippen MR) is 117 cm³/mol. The van der Waals surface area contributed by atoms with Gasteiger partial charge in [0.15, 0.2) is 0 Å². The Morgan fingerprint density at radius 3 is 2.58 bits per heavy atom.